The Labute approximate surface area is 141 Å². The van der Waals surface area contributed by atoms with Crippen molar-refractivity contribution in [2.24, 2.45) is 5.92 Å². The first kappa shape index (κ1) is 18.5. The third-order valence-electron chi connectivity index (χ3n) is 3.90. The molecule has 8 heteroatoms. The van der Waals surface area contributed by atoms with E-state index in [0.29, 0.717) is 12.4 Å². The van der Waals surface area contributed by atoms with E-state index in [9.17, 15) is 12.8 Å². The SMILES string of the molecule is CCC(CC)C(OS(C)(=O)=O)c1ncnn1Cc1ccc(F)cc1. The predicted molar refractivity (Wildman–Crippen MR) is 88.3 cm³/mol. The van der Waals surface area contributed by atoms with Crippen LogP contribution in [0.15, 0.2) is 30.6 Å². The van der Waals surface area contributed by atoms with Gasteiger partial charge in [0.25, 0.3) is 10.1 Å². The van der Waals surface area contributed by atoms with E-state index in [4.69, 9.17) is 4.18 Å². The number of hydrogen-bond donors (Lipinski definition) is 0. The van der Waals surface area contributed by atoms with E-state index in [-0.39, 0.29) is 11.7 Å². The minimum absolute atomic E-state index is 0.00380. The Bertz CT molecular complexity index is 755. The summed E-state index contributed by atoms with van der Waals surface area (Å²) in [6.45, 7) is 4.32. The van der Waals surface area contributed by atoms with Crippen LogP contribution in [-0.4, -0.2) is 29.4 Å². The second-order valence-corrected chi connectivity index (χ2v) is 7.30. The smallest absolute Gasteiger partial charge is 0.258 e. The second-order valence-electron chi connectivity index (χ2n) is 5.70. The third-order valence-corrected chi connectivity index (χ3v) is 4.46. The summed E-state index contributed by atoms with van der Waals surface area (Å²) in [7, 11) is -3.64. The summed E-state index contributed by atoms with van der Waals surface area (Å²) in [5, 5.41) is 4.17. The lowest BCUT2D eigenvalue weighted by atomic mass is 9.96. The Balaban J connectivity index is 2.33. The molecule has 0 saturated heterocycles. The van der Waals surface area contributed by atoms with Gasteiger partial charge in [-0.15, -0.1) is 0 Å². The predicted octanol–water partition coefficient (Wildman–Crippen LogP) is 2.92. The number of aromatic nitrogens is 3. The molecule has 0 bridgehead atoms. The van der Waals surface area contributed by atoms with E-state index in [1.165, 1.54) is 18.5 Å². The van der Waals surface area contributed by atoms with Crippen LogP contribution in [0.4, 0.5) is 4.39 Å². The van der Waals surface area contributed by atoms with Crippen molar-refractivity contribution >= 4 is 10.1 Å². The zero-order chi connectivity index (χ0) is 17.7. The molecule has 1 heterocycles. The summed E-state index contributed by atoms with van der Waals surface area (Å²) in [5.74, 6) is 0.141. The zero-order valence-electron chi connectivity index (χ0n) is 14.0. The highest BCUT2D eigenvalue weighted by atomic mass is 32.2. The molecule has 0 saturated carbocycles. The fourth-order valence-corrected chi connectivity index (χ4v) is 3.24. The van der Waals surface area contributed by atoms with E-state index in [1.54, 1.807) is 16.8 Å². The molecular formula is C16H22FN3O3S. The standard InChI is InChI=1S/C16H22FN3O3S/c1-4-13(5-2)15(23-24(3,21)22)16-18-11-19-20(16)10-12-6-8-14(17)9-7-12/h6-9,11,13,15H,4-5,10H2,1-3H3. The molecule has 2 rings (SSSR count). The normalized spacial score (nSPS) is 13.4. The largest absolute Gasteiger partial charge is 0.265 e. The highest BCUT2D eigenvalue weighted by Crippen LogP contribution is 2.31. The molecule has 1 atom stereocenters. The van der Waals surface area contributed by atoms with Crippen LogP contribution in [0.2, 0.25) is 0 Å². The molecular weight excluding hydrogens is 333 g/mol. The Kier molecular flexibility index (Phi) is 6.06. The summed E-state index contributed by atoms with van der Waals surface area (Å²) in [6, 6.07) is 6.06. The maximum Gasteiger partial charge on any atom is 0.265 e. The van der Waals surface area contributed by atoms with Gasteiger partial charge in [-0.3, -0.25) is 4.18 Å². The molecule has 0 aliphatic carbocycles. The molecule has 1 aromatic carbocycles. The molecule has 0 spiro atoms. The van der Waals surface area contributed by atoms with E-state index in [0.717, 1.165) is 24.7 Å². The molecule has 0 radical (unpaired) electrons. The van der Waals surface area contributed by atoms with Crippen LogP contribution >= 0.6 is 0 Å². The molecule has 6 nitrogen and oxygen atoms in total. The molecule has 0 fully saturated rings. The number of benzene rings is 1. The third kappa shape index (κ3) is 4.85. The molecule has 0 aliphatic rings. The summed E-state index contributed by atoms with van der Waals surface area (Å²) in [6.07, 6.45) is 3.21. The zero-order valence-corrected chi connectivity index (χ0v) is 14.8. The summed E-state index contributed by atoms with van der Waals surface area (Å²) >= 11 is 0. The van der Waals surface area contributed by atoms with E-state index >= 15 is 0 Å². The molecule has 2 aromatic rings. The average molecular weight is 355 g/mol. The van der Waals surface area contributed by atoms with Crippen LogP contribution < -0.4 is 0 Å². The van der Waals surface area contributed by atoms with Crippen molar-refractivity contribution < 1.29 is 17.0 Å². The summed E-state index contributed by atoms with van der Waals surface area (Å²) in [5.41, 5.74) is 0.839. The maximum absolute atomic E-state index is 13.0. The molecule has 24 heavy (non-hydrogen) atoms. The molecule has 0 amide bonds. The lowest BCUT2D eigenvalue weighted by Crippen LogP contribution is -2.23. The highest BCUT2D eigenvalue weighted by molar-refractivity contribution is 7.86. The minimum atomic E-state index is -3.64. The van der Waals surface area contributed by atoms with Crippen LogP contribution in [0.1, 0.15) is 44.2 Å². The second kappa shape index (κ2) is 7.85. The van der Waals surface area contributed by atoms with Crippen molar-refractivity contribution in [3.8, 4) is 0 Å². The van der Waals surface area contributed by atoms with Crippen LogP contribution in [0, 0.1) is 11.7 Å². The lowest BCUT2D eigenvalue weighted by Gasteiger charge is -2.24. The number of halogens is 1. The van der Waals surface area contributed by atoms with Gasteiger partial charge in [-0.2, -0.15) is 13.5 Å². The molecule has 1 unspecified atom stereocenters. The first-order chi connectivity index (χ1) is 11.3. The molecule has 0 N–H and O–H groups in total. The first-order valence-electron chi connectivity index (χ1n) is 7.84. The quantitative estimate of drug-likeness (QED) is 0.681. The van der Waals surface area contributed by atoms with Gasteiger partial charge in [-0.25, -0.2) is 14.1 Å². The molecule has 132 valence electrons. The fourth-order valence-electron chi connectivity index (χ4n) is 2.62. The van der Waals surface area contributed by atoms with E-state index < -0.39 is 16.2 Å². The highest BCUT2D eigenvalue weighted by Gasteiger charge is 2.29. The van der Waals surface area contributed by atoms with Gasteiger partial charge in [0.05, 0.1) is 12.8 Å². The van der Waals surface area contributed by atoms with Gasteiger partial charge in [0.1, 0.15) is 18.2 Å². The van der Waals surface area contributed by atoms with Crippen LogP contribution in [0.3, 0.4) is 0 Å². The van der Waals surface area contributed by atoms with Crippen LogP contribution in [-0.2, 0) is 20.8 Å². The topological polar surface area (TPSA) is 74.1 Å². The van der Waals surface area contributed by atoms with Gasteiger partial charge in [-0.1, -0.05) is 38.8 Å². The van der Waals surface area contributed by atoms with Gasteiger partial charge >= 0.3 is 0 Å². The number of hydrogen-bond acceptors (Lipinski definition) is 5. The lowest BCUT2D eigenvalue weighted by molar-refractivity contribution is 0.124. The monoisotopic (exact) mass is 355 g/mol. The van der Waals surface area contributed by atoms with Crippen LogP contribution in [0.5, 0.6) is 0 Å². The fraction of sp³-hybridized carbons (Fsp3) is 0.500. The van der Waals surface area contributed by atoms with Crippen molar-refractivity contribution in [2.75, 3.05) is 6.26 Å². The van der Waals surface area contributed by atoms with Crippen molar-refractivity contribution in [1.82, 2.24) is 14.8 Å². The van der Waals surface area contributed by atoms with Crippen molar-refractivity contribution in [3.05, 3.63) is 47.8 Å². The van der Waals surface area contributed by atoms with Gasteiger partial charge in [-0.05, 0) is 23.6 Å². The van der Waals surface area contributed by atoms with E-state index in [2.05, 4.69) is 10.1 Å². The summed E-state index contributed by atoms with van der Waals surface area (Å²) in [4.78, 5) is 4.22. The first-order valence-corrected chi connectivity index (χ1v) is 9.66. The number of rotatable bonds is 8. The Morgan fingerprint density at radius 1 is 1.21 bits per heavy atom. The van der Waals surface area contributed by atoms with E-state index in [1.807, 2.05) is 13.8 Å². The van der Waals surface area contributed by atoms with Gasteiger partial charge in [0.15, 0.2) is 5.82 Å². The maximum atomic E-state index is 13.0. The van der Waals surface area contributed by atoms with Gasteiger partial charge in [0, 0.05) is 0 Å². The Morgan fingerprint density at radius 2 is 1.83 bits per heavy atom. The average Bonchev–Trinajstić information content (AvgIpc) is 2.96. The minimum Gasteiger partial charge on any atom is -0.258 e. The van der Waals surface area contributed by atoms with Crippen molar-refractivity contribution in [3.63, 3.8) is 0 Å². The van der Waals surface area contributed by atoms with Gasteiger partial charge in [0.2, 0.25) is 0 Å². The number of nitrogens with zero attached hydrogens (tertiary/aromatic N) is 3. The van der Waals surface area contributed by atoms with Gasteiger partial charge < -0.3 is 0 Å². The van der Waals surface area contributed by atoms with Crippen LogP contribution in [0.25, 0.3) is 0 Å². The van der Waals surface area contributed by atoms with Crippen molar-refractivity contribution in [1.29, 1.82) is 0 Å². The Hall–Kier alpha value is -1.80. The molecule has 1 aromatic heterocycles. The Morgan fingerprint density at radius 3 is 2.38 bits per heavy atom. The summed E-state index contributed by atoms with van der Waals surface area (Å²) < 4.78 is 43.3. The van der Waals surface area contributed by atoms with Crippen molar-refractivity contribution in [2.45, 2.75) is 39.3 Å². The molecule has 0 aliphatic heterocycles.